The minimum atomic E-state index is 0.892. The van der Waals surface area contributed by atoms with Crippen molar-refractivity contribution in [2.75, 3.05) is 4.90 Å². The molecular weight excluding hydrogens is 703 g/mol. The first-order valence-corrected chi connectivity index (χ1v) is 19.8. The molecule has 10 aromatic carbocycles. The Morgan fingerprint density at radius 3 is 1.66 bits per heavy atom. The molecule has 0 atom stereocenters. The van der Waals surface area contributed by atoms with Gasteiger partial charge in [0.25, 0.3) is 0 Å². The minimum absolute atomic E-state index is 0.892. The van der Waals surface area contributed by atoms with Gasteiger partial charge in [-0.25, -0.2) is 0 Å². The Morgan fingerprint density at radius 1 is 0.328 bits per heavy atom. The number of anilines is 3. The second-order valence-corrected chi connectivity index (χ2v) is 14.8. The van der Waals surface area contributed by atoms with E-state index in [0.29, 0.717) is 0 Å². The zero-order chi connectivity index (χ0) is 38.4. The van der Waals surface area contributed by atoms with Gasteiger partial charge >= 0.3 is 0 Å². The number of benzene rings is 10. The van der Waals surface area contributed by atoms with Crippen LogP contribution >= 0.6 is 0 Å². The van der Waals surface area contributed by atoms with Crippen LogP contribution in [0.3, 0.4) is 0 Å². The molecule has 58 heavy (non-hydrogen) atoms. The van der Waals surface area contributed by atoms with Crippen LogP contribution in [-0.4, -0.2) is 0 Å². The van der Waals surface area contributed by atoms with Crippen molar-refractivity contribution in [3.63, 3.8) is 0 Å². The van der Waals surface area contributed by atoms with Crippen molar-refractivity contribution < 1.29 is 4.42 Å². The van der Waals surface area contributed by atoms with Gasteiger partial charge in [0.2, 0.25) is 0 Å². The summed E-state index contributed by atoms with van der Waals surface area (Å²) in [6.45, 7) is 0. The second kappa shape index (κ2) is 14.1. The van der Waals surface area contributed by atoms with Gasteiger partial charge in [-0.05, 0) is 74.1 Å². The van der Waals surface area contributed by atoms with Crippen molar-refractivity contribution in [1.82, 2.24) is 0 Å². The highest BCUT2D eigenvalue weighted by atomic mass is 16.3. The van der Waals surface area contributed by atoms with Gasteiger partial charge in [0, 0.05) is 38.5 Å². The maximum Gasteiger partial charge on any atom is 0.143 e. The minimum Gasteiger partial charge on any atom is -0.455 e. The zero-order valence-corrected chi connectivity index (χ0v) is 31.7. The lowest BCUT2D eigenvalue weighted by atomic mass is 9.91. The van der Waals surface area contributed by atoms with Gasteiger partial charge in [-0.2, -0.15) is 0 Å². The number of rotatable bonds is 7. The first-order chi connectivity index (χ1) is 28.8. The molecule has 11 aromatic rings. The fourth-order valence-corrected chi connectivity index (χ4v) is 8.78. The summed E-state index contributed by atoms with van der Waals surface area (Å²) in [5.74, 6) is 0.892. The molecule has 2 heteroatoms. The van der Waals surface area contributed by atoms with Gasteiger partial charge in [0.1, 0.15) is 11.3 Å². The van der Waals surface area contributed by atoms with Crippen molar-refractivity contribution in [1.29, 1.82) is 0 Å². The summed E-state index contributed by atoms with van der Waals surface area (Å²) in [5, 5.41) is 8.23. The van der Waals surface area contributed by atoms with Crippen molar-refractivity contribution >= 4 is 60.3 Å². The van der Waals surface area contributed by atoms with Crippen molar-refractivity contribution in [3.05, 3.63) is 224 Å². The molecule has 1 aromatic heterocycles. The summed E-state index contributed by atoms with van der Waals surface area (Å²) in [6.07, 6.45) is 0. The lowest BCUT2D eigenvalue weighted by molar-refractivity contribution is 0.636. The molecule has 0 bridgehead atoms. The van der Waals surface area contributed by atoms with Crippen molar-refractivity contribution in [3.8, 4) is 44.7 Å². The van der Waals surface area contributed by atoms with Crippen molar-refractivity contribution in [2.24, 2.45) is 0 Å². The van der Waals surface area contributed by atoms with Crippen LogP contribution in [0.15, 0.2) is 229 Å². The Morgan fingerprint density at radius 2 is 0.897 bits per heavy atom. The van der Waals surface area contributed by atoms with Gasteiger partial charge < -0.3 is 9.32 Å². The first-order valence-electron chi connectivity index (χ1n) is 19.8. The summed E-state index contributed by atoms with van der Waals surface area (Å²) in [6, 6.07) is 80.4. The fourth-order valence-electron chi connectivity index (χ4n) is 8.78. The highest BCUT2D eigenvalue weighted by Gasteiger charge is 2.23. The molecule has 0 unspecified atom stereocenters. The summed E-state index contributed by atoms with van der Waals surface area (Å²) >= 11 is 0. The molecule has 0 fully saturated rings. The fraction of sp³-hybridized carbons (Fsp3) is 0. The average molecular weight is 740 g/mol. The SMILES string of the molecule is c1ccc(-c2ccccc2N(c2ccc(-c3ccc4c(c3)c3ccccc3c3oc(-c5ccccc5)c(-c5ccccc5)c43)cc2)c2cccc3ccccc23)cc1. The van der Waals surface area contributed by atoms with Gasteiger partial charge in [0.15, 0.2) is 0 Å². The van der Waals surface area contributed by atoms with Crippen molar-refractivity contribution in [2.45, 2.75) is 0 Å². The van der Waals surface area contributed by atoms with E-state index in [9.17, 15) is 0 Å². The van der Waals surface area contributed by atoms with E-state index in [-0.39, 0.29) is 0 Å². The Kier molecular flexibility index (Phi) is 8.19. The molecule has 0 saturated carbocycles. The van der Waals surface area contributed by atoms with Crippen LogP contribution in [-0.2, 0) is 0 Å². The van der Waals surface area contributed by atoms with Crippen LogP contribution in [0.2, 0.25) is 0 Å². The molecule has 1 heterocycles. The quantitative estimate of drug-likeness (QED) is 0.151. The highest BCUT2D eigenvalue weighted by Crippen LogP contribution is 2.48. The smallest absolute Gasteiger partial charge is 0.143 e. The summed E-state index contributed by atoms with van der Waals surface area (Å²) in [4.78, 5) is 2.41. The normalized spacial score (nSPS) is 11.4. The standard InChI is InChI=1S/C56H37NO/c1-4-17-39(18-5-1)45-26-14-15-29-51(45)57(52-30-16-24-40-19-10-11-25-46(40)52)44-34-31-38(32-35-44)43-33-36-48-50(37-43)47-27-12-13-28-49(47)56-54(48)53(41-20-6-2-7-21-41)55(58-56)42-22-8-3-9-23-42/h1-37H. The molecule has 0 N–H and O–H groups in total. The molecule has 272 valence electrons. The van der Waals surface area contributed by atoms with E-state index < -0.39 is 0 Å². The van der Waals surface area contributed by atoms with E-state index in [1.54, 1.807) is 0 Å². The first kappa shape index (κ1) is 33.6. The van der Waals surface area contributed by atoms with Crippen LogP contribution in [0.5, 0.6) is 0 Å². The molecule has 0 amide bonds. The van der Waals surface area contributed by atoms with E-state index in [4.69, 9.17) is 4.42 Å². The summed E-state index contributed by atoms with van der Waals surface area (Å²) in [7, 11) is 0. The van der Waals surface area contributed by atoms with Crippen LogP contribution < -0.4 is 4.90 Å². The van der Waals surface area contributed by atoms with Gasteiger partial charge in [0.05, 0.1) is 11.4 Å². The Balaban J connectivity index is 1.09. The van der Waals surface area contributed by atoms with Crippen LogP contribution in [0.25, 0.3) is 88.0 Å². The highest BCUT2D eigenvalue weighted by molar-refractivity contribution is 6.29. The molecule has 0 aliphatic heterocycles. The molecule has 0 radical (unpaired) electrons. The molecule has 0 aliphatic rings. The Hall–Kier alpha value is -7.68. The zero-order valence-electron chi connectivity index (χ0n) is 31.7. The summed E-state index contributed by atoms with van der Waals surface area (Å²) in [5.41, 5.74) is 12.3. The third-order valence-corrected chi connectivity index (χ3v) is 11.5. The van der Waals surface area contributed by atoms with E-state index >= 15 is 0 Å². The molecule has 2 nitrogen and oxygen atoms in total. The maximum absolute atomic E-state index is 6.94. The second-order valence-electron chi connectivity index (χ2n) is 14.8. The van der Waals surface area contributed by atoms with Gasteiger partial charge in [-0.3, -0.25) is 0 Å². The lowest BCUT2D eigenvalue weighted by Crippen LogP contribution is -2.11. The molecule has 0 aliphatic carbocycles. The van der Waals surface area contributed by atoms with Crippen LogP contribution in [0.4, 0.5) is 17.1 Å². The predicted molar refractivity (Wildman–Crippen MR) is 245 cm³/mol. The van der Waals surface area contributed by atoms with E-state index in [1.807, 2.05) is 0 Å². The number of para-hydroxylation sites is 1. The van der Waals surface area contributed by atoms with Crippen LogP contribution in [0.1, 0.15) is 0 Å². The molecule has 0 saturated heterocycles. The topological polar surface area (TPSA) is 16.4 Å². The molecular formula is C56H37NO. The molecule has 11 rings (SSSR count). The Labute approximate surface area is 337 Å². The third-order valence-electron chi connectivity index (χ3n) is 11.5. The summed E-state index contributed by atoms with van der Waals surface area (Å²) < 4.78 is 6.94. The van der Waals surface area contributed by atoms with E-state index in [0.717, 1.165) is 67.0 Å². The van der Waals surface area contributed by atoms with Gasteiger partial charge in [-0.15, -0.1) is 0 Å². The number of hydrogen-bond donors (Lipinski definition) is 0. The maximum atomic E-state index is 6.94. The Bertz CT molecular complexity index is 3250. The largest absolute Gasteiger partial charge is 0.455 e. The average Bonchev–Trinajstić information content (AvgIpc) is 3.72. The predicted octanol–water partition coefficient (Wildman–Crippen LogP) is 16.0. The number of furan rings is 1. The lowest BCUT2D eigenvalue weighted by Gasteiger charge is -2.29. The van der Waals surface area contributed by atoms with E-state index in [1.165, 1.54) is 38.1 Å². The number of nitrogens with zero attached hydrogens (tertiary/aromatic N) is 1. The molecule has 0 spiro atoms. The number of fused-ring (bicyclic) bond motifs is 7. The monoisotopic (exact) mass is 739 g/mol. The van der Waals surface area contributed by atoms with Crippen LogP contribution in [0, 0.1) is 0 Å². The van der Waals surface area contributed by atoms with Gasteiger partial charge in [-0.1, -0.05) is 194 Å². The number of hydrogen-bond acceptors (Lipinski definition) is 2. The van der Waals surface area contributed by atoms with E-state index in [2.05, 4.69) is 229 Å². The third kappa shape index (κ3) is 5.66.